The lowest BCUT2D eigenvalue weighted by Gasteiger charge is -2.28. The molecule has 0 aromatic rings. The highest BCUT2D eigenvalue weighted by atomic mass is 16.3. The first kappa shape index (κ1) is 11.3. The third-order valence-corrected chi connectivity index (χ3v) is 2.76. The van der Waals surface area contributed by atoms with E-state index >= 15 is 0 Å². The summed E-state index contributed by atoms with van der Waals surface area (Å²) >= 11 is 0. The number of nitrogens with one attached hydrogen (secondary N) is 2. The summed E-state index contributed by atoms with van der Waals surface area (Å²) < 4.78 is 0. The van der Waals surface area contributed by atoms with Gasteiger partial charge in [-0.05, 0) is 25.2 Å². The van der Waals surface area contributed by atoms with Gasteiger partial charge in [0.1, 0.15) is 0 Å². The number of rotatable bonds is 4. The maximum Gasteiger partial charge on any atom is 0.315 e. The van der Waals surface area contributed by atoms with Gasteiger partial charge in [-0.3, -0.25) is 0 Å². The number of hydrogen-bond donors (Lipinski definition) is 3. The van der Waals surface area contributed by atoms with Crippen molar-refractivity contribution in [1.29, 1.82) is 0 Å². The van der Waals surface area contributed by atoms with Gasteiger partial charge in [0.2, 0.25) is 0 Å². The van der Waals surface area contributed by atoms with E-state index in [1.165, 1.54) is 6.42 Å². The van der Waals surface area contributed by atoms with Gasteiger partial charge in [0.15, 0.2) is 0 Å². The zero-order valence-electron chi connectivity index (χ0n) is 8.92. The van der Waals surface area contributed by atoms with Gasteiger partial charge in [-0.25, -0.2) is 4.79 Å². The fraction of sp³-hybridized carbons (Fsp3) is 0.900. The molecule has 14 heavy (non-hydrogen) atoms. The summed E-state index contributed by atoms with van der Waals surface area (Å²) in [6.07, 6.45) is 3.37. The molecule has 1 saturated carbocycles. The Labute approximate surface area is 85.1 Å². The fourth-order valence-electron chi connectivity index (χ4n) is 1.37. The van der Waals surface area contributed by atoms with E-state index in [-0.39, 0.29) is 24.6 Å². The van der Waals surface area contributed by atoms with Crippen molar-refractivity contribution in [3.63, 3.8) is 0 Å². The number of hydrogen-bond acceptors (Lipinski definition) is 2. The molecule has 0 heterocycles. The average molecular weight is 200 g/mol. The number of aliphatic hydroxyl groups is 1. The van der Waals surface area contributed by atoms with E-state index in [9.17, 15) is 4.79 Å². The van der Waals surface area contributed by atoms with Crippen molar-refractivity contribution < 1.29 is 9.90 Å². The van der Waals surface area contributed by atoms with Crippen molar-refractivity contribution in [2.24, 2.45) is 5.92 Å². The Morgan fingerprint density at radius 3 is 2.50 bits per heavy atom. The highest BCUT2D eigenvalue weighted by Crippen LogP contribution is 2.17. The second kappa shape index (κ2) is 5.20. The van der Waals surface area contributed by atoms with Gasteiger partial charge in [0.25, 0.3) is 0 Å². The minimum absolute atomic E-state index is 0.00421. The smallest absolute Gasteiger partial charge is 0.315 e. The molecule has 82 valence electrons. The largest absolute Gasteiger partial charge is 0.394 e. The van der Waals surface area contributed by atoms with E-state index in [4.69, 9.17) is 5.11 Å². The van der Waals surface area contributed by atoms with Crippen LogP contribution in [-0.4, -0.2) is 29.8 Å². The van der Waals surface area contributed by atoms with E-state index in [0.717, 1.165) is 12.8 Å². The molecule has 0 bridgehead atoms. The van der Waals surface area contributed by atoms with E-state index in [0.29, 0.717) is 6.04 Å². The SMILES string of the molecule is CC(C)[C@@H](CO)NC(=O)NC1CCC1. The number of urea groups is 1. The van der Waals surface area contributed by atoms with E-state index in [1.54, 1.807) is 0 Å². The molecule has 3 N–H and O–H groups in total. The first-order valence-electron chi connectivity index (χ1n) is 5.31. The summed E-state index contributed by atoms with van der Waals surface area (Å²) in [6, 6.07) is 0.0547. The van der Waals surface area contributed by atoms with Gasteiger partial charge in [-0.1, -0.05) is 13.8 Å². The van der Waals surface area contributed by atoms with E-state index in [2.05, 4.69) is 10.6 Å². The lowest BCUT2D eigenvalue weighted by atomic mass is 9.93. The summed E-state index contributed by atoms with van der Waals surface area (Å²) in [4.78, 5) is 11.4. The molecule has 1 fully saturated rings. The summed E-state index contributed by atoms with van der Waals surface area (Å²) in [6.45, 7) is 3.95. The van der Waals surface area contributed by atoms with Crippen molar-refractivity contribution in [1.82, 2.24) is 10.6 Å². The van der Waals surface area contributed by atoms with Crippen molar-refractivity contribution in [2.45, 2.75) is 45.2 Å². The topological polar surface area (TPSA) is 61.4 Å². The minimum Gasteiger partial charge on any atom is -0.394 e. The Balaban J connectivity index is 2.23. The standard InChI is InChI=1S/C10H20N2O2/c1-7(2)9(6-13)12-10(14)11-8-4-3-5-8/h7-9,13H,3-6H2,1-2H3,(H2,11,12,14)/t9-/m1/s1. The van der Waals surface area contributed by atoms with Crippen LogP contribution in [0.2, 0.25) is 0 Å². The van der Waals surface area contributed by atoms with Crippen LogP contribution < -0.4 is 10.6 Å². The maximum absolute atomic E-state index is 11.4. The molecule has 0 spiro atoms. The molecule has 1 atom stereocenters. The van der Waals surface area contributed by atoms with Crippen molar-refractivity contribution in [3.05, 3.63) is 0 Å². The quantitative estimate of drug-likeness (QED) is 0.630. The van der Waals surface area contributed by atoms with Crippen molar-refractivity contribution in [3.8, 4) is 0 Å². The number of carbonyl (C=O) groups excluding carboxylic acids is 1. The number of aliphatic hydroxyl groups excluding tert-OH is 1. The molecule has 0 aromatic carbocycles. The molecule has 0 saturated heterocycles. The van der Waals surface area contributed by atoms with Gasteiger partial charge in [0, 0.05) is 6.04 Å². The van der Waals surface area contributed by atoms with Crippen LogP contribution in [0.3, 0.4) is 0 Å². The molecule has 0 radical (unpaired) electrons. The predicted molar refractivity (Wildman–Crippen MR) is 55.0 cm³/mol. The molecular formula is C10H20N2O2. The normalized spacial score (nSPS) is 18.9. The Bertz CT molecular complexity index is 191. The van der Waals surface area contributed by atoms with Crippen LogP contribution in [0.15, 0.2) is 0 Å². The van der Waals surface area contributed by atoms with Crippen LogP contribution in [0.25, 0.3) is 0 Å². The molecule has 4 heteroatoms. The molecule has 0 aromatic heterocycles. The minimum atomic E-state index is -0.151. The van der Waals surface area contributed by atoms with Crippen molar-refractivity contribution >= 4 is 6.03 Å². The lowest BCUT2D eigenvalue weighted by molar-refractivity contribution is 0.192. The molecule has 1 aliphatic rings. The zero-order valence-corrected chi connectivity index (χ0v) is 8.92. The molecular weight excluding hydrogens is 180 g/mol. The molecule has 1 aliphatic carbocycles. The Morgan fingerprint density at radius 1 is 1.50 bits per heavy atom. The fourth-order valence-corrected chi connectivity index (χ4v) is 1.37. The van der Waals surface area contributed by atoms with Gasteiger partial charge >= 0.3 is 6.03 Å². The number of amides is 2. The van der Waals surface area contributed by atoms with Crippen LogP contribution >= 0.6 is 0 Å². The van der Waals surface area contributed by atoms with Gasteiger partial charge in [-0.15, -0.1) is 0 Å². The molecule has 4 nitrogen and oxygen atoms in total. The van der Waals surface area contributed by atoms with Crippen LogP contribution in [0, 0.1) is 5.92 Å². The first-order chi connectivity index (χ1) is 6.63. The summed E-state index contributed by atoms with van der Waals surface area (Å²) in [5.41, 5.74) is 0. The molecule has 0 aliphatic heterocycles. The summed E-state index contributed by atoms with van der Waals surface area (Å²) in [7, 11) is 0. The molecule has 1 rings (SSSR count). The third kappa shape index (κ3) is 3.18. The highest BCUT2D eigenvalue weighted by Gasteiger charge is 2.21. The zero-order chi connectivity index (χ0) is 10.6. The Morgan fingerprint density at radius 2 is 2.14 bits per heavy atom. The average Bonchev–Trinajstić information content (AvgIpc) is 2.07. The van der Waals surface area contributed by atoms with E-state index in [1.807, 2.05) is 13.8 Å². The Kier molecular flexibility index (Phi) is 4.20. The lowest BCUT2D eigenvalue weighted by Crippen LogP contribution is -2.50. The molecule has 0 unspecified atom stereocenters. The number of carbonyl (C=O) groups is 1. The van der Waals surface area contributed by atoms with Crippen LogP contribution in [0.1, 0.15) is 33.1 Å². The monoisotopic (exact) mass is 200 g/mol. The maximum atomic E-state index is 11.4. The van der Waals surface area contributed by atoms with Crippen molar-refractivity contribution in [2.75, 3.05) is 6.61 Å². The molecule has 2 amide bonds. The van der Waals surface area contributed by atoms with Gasteiger partial charge < -0.3 is 15.7 Å². The van der Waals surface area contributed by atoms with Crippen LogP contribution in [0.4, 0.5) is 4.79 Å². The first-order valence-corrected chi connectivity index (χ1v) is 5.31. The van der Waals surface area contributed by atoms with Crippen LogP contribution in [-0.2, 0) is 0 Å². The van der Waals surface area contributed by atoms with Gasteiger partial charge in [-0.2, -0.15) is 0 Å². The second-order valence-corrected chi connectivity index (χ2v) is 4.28. The third-order valence-electron chi connectivity index (χ3n) is 2.76. The second-order valence-electron chi connectivity index (χ2n) is 4.28. The van der Waals surface area contributed by atoms with E-state index < -0.39 is 0 Å². The highest BCUT2D eigenvalue weighted by molar-refractivity contribution is 5.74. The summed E-state index contributed by atoms with van der Waals surface area (Å²) in [5.74, 6) is 0.257. The van der Waals surface area contributed by atoms with Gasteiger partial charge in [0.05, 0.1) is 12.6 Å². The predicted octanol–water partition coefficient (Wildman–Crippen LogP) is 0.855. The summed E-state index contributed by atoms with van der Waals surface area (Å²) in [5, 5.41) is 14.6. The van der Waals surface area contributed by atoms with Crippen LogP contribution in [0.5, 0.6) is 0 Å². The Hall–Kier alpha value is -0.770.